The molecule has 0 fully saturated rings. The minimum Gasteiger partial charge on any atom is -0.462 e. The molecular weight excluding hydrogens is 260 g/mol. The topological polar surface area (TPSA) is 85.3 Å². The lowest BCUT2D eigenvalue weighted by atomic mass is 10.3. The van der Waals surface area contributed by atoms with Crippen molar-refractivity contribution in [1.82, 2.24) is 15.1 Å². The number of ether oxygens (including phenoxy) is 1. The molecule has 0 saturated heterocycles. The minimum absolute atomic E-state index is 0.227. The summed E-state index contributed by atoms with van der Waals surface area (Å²) in [5, 5.41) is 9.44. The highest BCUT2D eigenvalue weighted by Gasteiger charge is 2.19. The van der Waals surface area contributed by atoms with E-state index in [1.54, 1.807) is 17.8 Å². The summed E-state index contributed by atoms with van der Waals surface area (Å²) in [6.45, 7) is 7.21. The summed E-state index contributed by atoms with van der Waals surface area (Å²) in [6, 6.07) is -0.376. The Morgan fingerprint density at radius 3 is 2.65 bits per heavy atom. The van der Waals surface area contributed by atoms with Crippen molar-refractivity contribution in [2.45, 2.75) is 40.2 Å². The average Bonchev–Trinajstić information content (AvgIpc) is 2.80. The Bertz CT molecular complexity index is 456. The van der Waals surface area contributed by atoms with E-state index >= 15 is 0 Å². The lowest BCUT2D eigenvalue weighted by Gasteiger charge is -2.05. The Balaban J connectivity index is 2.85. The molecule has 0 spiro atoms. The second-order valence-electron chi connectivity index (χ2n) is 4.26. The number of nitrogens with one attached hydrogen (secondary N) is 2. The van der Waals surface area contributed by atoms with Gasteiger partial charge >= 0.3 is 12.0 Å². The summed E-state index contributed by atoms with van der Waals surface area (Å²) in [4.78, 5) is 23.5. The lowest BCUT2D eigenvalue weighted by Crippen LogP contribution is -2.30. The van der Waals surface area contributed by atoms with Crippen LogP contribution in [0.5, 0.6) is 0 Å². The van der Waals surface area contributed by atoms with Crippen LogP contribution in [0.3, 0.4) is 0 Å². The van der Waals surface area contributed by atoms with Crippen LogP contribution in [0.15, 0.2) is 6.20 Å². The third kappa shape index (κ3) is 4.56. The van der Waals surface area contributed by atoms with Crippen LogP contribution in [0.1, 0.15) is 44.0 Å². The zero-order chi connectivity index (χ0) is 15.0. The van der Waals surface area contributed by atoms with Gasteiger partial charge in [-0.15, -0.1) is 0 Å². The molecule has 2 N–H and O–H groups in total. The molecule has 0 radical (unpaired) electrons. The summed E-state index contributed by atoms with van der Waals surface area (Å²) in [5.41, 5.74) is 0.270. The van der Waals surface area contributed by atoms with E-state index in [0.717, 1.165) is 12.8 Å². The summed E-state index contributed by atoms with van der Waals surface area (Å²) < 4.78 is 6.59. The summed E-state index contributed by atoms with van der Waals surface area (Å²) >= 11 is 0. The van der Waals surface area contributed by atoms with Crippen molar-refractivity contribution in [2.75, 3.05) is 18.5 Å². The molecule has 0 aliphatic rings. The molecule has 2 amide bonds. The molecule has 1 aromatic rings. The van der Waals surface area contributed by atoms with E-state index in [9.17, 15) is 9.59 Å². The number of esters is 1. The van der Waals surface area contributed by atoms with Crippen LogP contribution in [-0.2, 0) is 11.3 Å². The molecule has 112 valence electrons. The smallest absolute Gasteiger partial charge is 0.343 e. The first kappa shape index (κ1) is 16.0. The second-order valence-corrected chi connectivity index (χ2v) is 4.26. The maximum atomic E-state index is 11.8. The number of aromatic nitrogens is 2. The second kappa shape index (κ2) is 8.19. The standard InChI is InChI=1S/C13H22N4O3/c1-4-7-14-13(19)15-11-10(12(18)20-6-3)9-17(16-11)8-5-2/h9H,4-8H2,1-3H3,(H2,14,15,16,19). The molecule has 0 unspecified atom stereocenters. The predicted molar refractivity (Wildman–Crippen MR) is 75.8 cm³/mol. The van der Waals surface area contributed by atoms with Gasteiger partial charge in [-0.25, -0.2) is 9.59 Å². The number of aryl methyl sites for hydroxylation is 1. The number of nitrogens with zero attached hydrogens (tertiary/aromatic N) is 2. The zero-order valence-corrected chi connectivity index (χ0v) is 12.2. The zero-order valence-electron chi connectivity index (χ0n) is 12.2. The fourth-order valence-electron chi connectivity index (χ4n) is 1.61. The van der Waals surface area contributed by atoms with Crippen molar-refractivity contribution in [3.8, 4) is 0 Å². The van der Waals surface area contributed by atoms with Gasteiger partial charge in [0.25, 0.3) is 0 Å². The van der Waals surface area contributed by atoms with Crippen molar-refractivity contribution in [3.05, 3.63) is 11.8 Å². The number of rotatable bonds is 7. The Labute approximate surface area is 118 Å². The number of anilines is 1. The van der Waals surface area contributed by atoms with Gasteiger partial charge in [-0.2, -0.15) is 5.10 Å². The lowest BCUT2D eigenvalue weighted by molar-refractivity contribution is 0.0527. The van der Waals surface area contributed by atoms with Gasteiger partial charge in [-0.1, -0.05) is 13.8 Å². The first-order valence-corrected chi connectivity index (χ1v) is 6.91. The monoisotopic (exact) mass is 282 g/mol. The number of carbonyl (C=O) groups is 2. The van der Waals surface area contributed by atoms with Crippen LogP contribution in [0.2, 0.25) is 0 Å². The highest BCUT2D eigenvalue weighted by molar-refractivity contribution is 5.99. The Kier molecular flexibility index (Phi) is 6.55. The van der Waals surface area contributed by atoms with Crippen molar-refractivity contribution in [2.24, 2.45) is 0 Å². The van der Waals surface area contributed by atoms with Gasteiger partial charge in [0.15, 0.2) is 5.82 Å². The highest BCUT2D eigenvalue weighted by atomic mass is 16.5. The molecule has 0 bridgehead atoms. The third-order valence-corrected chi connectivity index (χ3v) is 2.48. The molecule has 0 atom stereocenters. The van der Waals surface area contributed by atoms with Crippen molar-refractivity contribution in [3.63, 3.8) is 0 Å². The first-order chi connectivity index (χ1) is 9.62. The summed E-state index contributed by atoms with van der Waals surface area (Å²) in [5.74, 6) is -0.258. The molecule has 7 heteroatoms. The van der Waals surface area contributed by atoms with Crippen molar-refractivity contribution >= 4 is 17.8 Å². The van der Waals surface area contributed by atoms with Crippen LogP contribution in [0.4, 0.5) is 10.6 Å². The van der Waals surface area contributed by atoms with Gasteiger partial charge in [0.05, 0.1) is 6.61 Å². The summed E-state index contributed by atoms with van der Waals surface area (Å²) in [7, 11) is 0. The van der Waals surface area contributed by atoms with E-state index in [1.807, 2.05) is 13.8 Å². The Hall–Kier alpha value is -2.05. The van der Waals surface area contributed by atoms with Crippen LogP contribution in [0.25, 0.3) is 0 Å². The quantitative estimate of drug-likeness (QED) is 0.749. The minimum atomic E-state index is -0.486. The molecule has 0 aromatic carbocycles. The highest BCUT2D eigenvalue weighted by Crippen LogP contribution is 2.15. The largest absolute Gasteiger partial charge is 0.462 e. The SMILES string of the molecule is CCCNC(=O)Nc1nn(CCC)cc1C(=O)OCC. The van der Waals surface area contributed by atoms with Crippen molar-refractivity contribution in [1.29, 1.82) is 0 Å². The number of urea groups is 1. The molecule has 7 nitrogen and oxygen atoms in total. The van der Waals surface area contributed by atoms with Gasteiger partial charge in [0.2, 0.25) is 0 Å². The number of hydrogen-bond acceptors (Lipinski definition) is 4. The molecule has 0 aliphatic heterocycles. The predicted octanol–water partition coefficient (Wildman–Crippen LogP) is 2.00. The van der Waals surface area contributed by atoms with Crippen LogP contribution >= 0.6 is 0 Å². The molecule has 1 aromatic heterocycles. The van der Waals surface area contributed by atoms with Crippen LogP contribution in [0, 0.1) is 0 Å². The molecular formula is C13H22N4O3. The molecule has 1 rings (SSSR count). The van der Waals surface area contributed by atoms with E-state index in [1.165, 1.54) is 0 Å². The first-order valence-electron chi connectivity index (χ1n) is 6.91. The van der Waals surface area contributed by atoms with Gasteiger partial charge in [-0.05, 0) is 19.8 Å². The van der Waals surface area contributed by atoms with E-state index in [-0.39, 0.29) is 24.0 Å². The van der Waals surface area contributed by atoms with E-state index in [2.05, 4.69) is 15.7 Å². The average molecular weight is 282 g/mol. The molecule has 0 saturated carbocycles. The Morgan fingerprint density at radius 1 is 1.30 bits per heavy atom. The Morgan fingerprint density at radius 2 is 2.05 bits per heavy atom. The number of amides is 2. The van der Waals surface area contributed by atoms with E-state index in [0.29, 0.717) is 13.1 Å². The molecule has 1 heterocycles. The number of hydrogen-bond donors (Lipinski definition) is 2. The molecule has 0 aliphatic carbocycles. The fraction of sp³-hybridized carbons (Fsp3) is 0.615. The number of carbonyl (C=O) groups excluding carboxylic acids is 2. The normalized spacial score (nSPS) is 10.2. The van der Waals surface area contributed by atoms with E-state index < -0.39 is 5.97 Å². The molecule has 20 heavy (non-hydrogen) atoms. The van der Waals surface area contributed by atoms with Gasteiger partial charge < -0.3 is 10.1 Å². The summed E-state index contributed by atoms with van der Waals surface area (Å²) in [6.07, 6.45) is 3.31. The van der Waals surface area contributed by atoms with Gasteiger partial charge in [0.1, 0.15) is 5.56 Å². The maximum absolute atomic E-state index is 11.8. The van der Waals surface area contributed by atoms with Crippen molar-refractivity contribution < 1.29 is 14.3 Å². The van der Waals surface area contributed by atoms with E-state index in [4.69, 9.17) is 4.74 Å². The van der Waals surface area contributed by atoms with Gasteiger partial charge in [-0.3, -0.25) is 10.00 Å². The van der Waals surface area contributed by atoms with Crippen LogP contribution in [-0.4, -0.2) is 34.9 Å². The maximum Gasteiger partial charge on any atom is 0.343 e. The third-order valence-electron chi connectivity index (χ3n) is 2.48. The van der Waals surface area contributed by atoms with Gasteiger partial charge in [0, 0.05) is 19.3 Å². The fourth-order valence-corrected chi connectivity index (χ4v) is 1.61. The van der Waals surface area contributed by atoms with Crippen LogP contribution < -0.4 is 10.6 Å².